The first-order valence-electron chi connectivity index (χ1n) is 5.67. The van der Waals surface area contributed by atoms with Crippen LogP contribution < -0.4 is 5.73 Å². The minimum Gasteiger partial charge on any atom is -0.395 e. The lowest BCUT2D eigenvalue weighted by Gasteiger charge is -2.48. The fourth-order valence-corrected chi connectivity index (χ4v) is 1.87. The number of nitrogens with two attached hydrogens (primary N) is 1. The highest BCUT2D eigenvalue weighted by molar-refractivity contribution is 5.98. The van der Waals surface area contributed by atoms with Gasteiger partial charge in [-0.25, -0.2) is 0 Å². The number of aromatic nitrogens is 2. The normalized spacial score (nSPS) is 18.3. The summed E-state index contributed by atoms with van der Waals surface area (Å²) in [6, 6.07) is 0. The number of aromatic amines is 1. The Bertz CT molecular complexity index is 446. The molecule has 0 atom stereocenters. The summed E-state index contributed by atoms with van der Waals surface area (Å²) in [5.74, 6) is -0.0954. The molecular formula is C11H18N4O2. The Hall–Kier alpha value is -1.56. The zero-order chi connectivity index (χ0) is 12.8. The third-order valence-electron chi connectivity index (χ3n) is 3.49. The van der Waals surface area contributed by atoms with Gasteiger partial charge in [0, 0.05) is 0 Å². The lowest BCUT2D eigenvalue weighted by atomic mass is 9.83. The molecule has 17 heavy (non-hydrogen) atoms. The van der Waals surface area contributed by atoms with Crippen LogP contribution in [0.2, 0.25) is 0 Å². The van der Waals surface area contributed by atoms with Crippen molar-refractivity contribution in [2.75, 3.05) is 18.8 Å². The largest absolute Gasteiger partial charge is 0.395 e. The molecule has 0 aromatic carbocycles. The molecule has 1 aliphatic heterocycles. The standard InChI is InChI=1S/C11H18N4O2/c1-6(2)11(17)4-15(5-11)10(16)9-8(12)7(3)13-14-9/h6,17H,4-5,12H2,1-3H3,(H,13,14). The molecule has 1 amide bonds. The monoisotopic (exact) mass is 238 g/mol. The third kappa shape index (κ3) is 1.78. The first kappa shape index (κ1) is 11.9. The van der Waals surface area contributed by atoms with Crippen molar-refractivity contribution in [1.82, 2.24) is 15.1 Å². The summed E-state index contributed by atoms with van der Waals surface area (Å²) in [6.07, 6.45) is 0. The highest BCUT2D eigenvalue weighted by Crippen LogP contribution is 2.30. The van der Waals surface area contributed by atoms with Crippen LogP contribution in [0.15, 0.2) is 0 Å². The minimum absolute atomic E-state index is 0.129. The van der Waals surface area contributed by atoms with Gasteiger partial charge in [0.25, 0.3) is 5.91 Å². The number of carbonyl (C=O) groups is 1. The van der Waals surface area contributed by atoms with Crippen LogP contribution in [0, 0.1) is 12.8 Å². The van der Waals surface area contributed by atoms with Gasteiger partial charge in [-0.3, -0.25) is 9.89 Å². The number of hydrogen-bond donors (Lipinski definition) is 3. The van der Waals surface area contributed by atoms with Crippen LogP contribution in [-0.2, 0) is 0 Å². The molecule has 0 radical (unpaired) electrons. The summed E-state index contributed by atoms with van der Waals surface area (Å²) < 4.78 is 0. The maximum absolute atomic E-state index is 12.0. The molecule has 0 spiro atoms. The number of anilines is 1. The van der Waals surface area contributed by atoms with E-state index in [-0.39, 0.29) is 17.5 Å². The number of nitrogens with one attached hydrogen (secondary N) is 1. The summed E-state index contributed by atoms with van der Waals surface area (Å²) in [5, 5.41) is 16.6. The molecule has 1 fully saturated rings. The Balaban J connectivity index is 2.08. The zero-order valence-electron chi connectivity index (χ0n) is 10.3. The van der Waals surface area contributed by atoms with Gasteiger partial charge in [-0.1, -0.05) is 13.8 Å². The van der Waals surface area contributed by atoms with Gasteiger partial charge in [-0.15, -0.1) is 0 Å². The van der Waals surface area contributed by atoms with Crippen molar-refractivity contribution in [3.8, 4) is 0 Å². The van der Waals surface area contributed by atoms with Crippen molar-refractivity contribution in [1.29, 1.82) is 0 Å². The second-order valence-electron chi connectivity index (χ2n) is 5.03. The van der Waals surface area contributed by atoms with Crippen LogP contribution >= 0.6 is 0 Å². The van der Waals surface area contributed by atoms with E-state index in [0.717, 1.165) is 0 Å². The van der Waals surface area contributed by atoms with Gasteiger partial charge in [-0.05, 0) is 12.8 Å². The number of nitrogen functional groups attached to an aromatic ring is 1. The van der Waals surface area contributed by atoms with Gasteiger partial charge in [0.2, 0.25) is 0 Å². The van der Waals surface area contributed by atoms with Crippen molar-refractivity contribution >= 4 is 11.6 Å². The van der Waals surface area contributed by atoms with Crippen molar-refractivity contribution in [3.05, 3.63) is 11.4 Å². The maximum atomic E-state index is 12.0. The van der Waals surface area contributed by atoms with Crippen LogP contribution in [0.5, 0.6) is 0 Å². The summed E-state index contributed by atoms with van der Waals surface area (Å²) in [5.41, 5.74) is 6.29. The van der Waals surface area contributed by atoms with Gasteiger partial charge < -0.3 is 15.7 Å². The molecule has 1 aromatic heterocycles. The van der Waals surface area contributed by atoms with Gasteiger partial charge in [0.1, 0.15) is 5.60 Å². The molecule has 94 valence electrons. The second-order valence-corrected chi connectivity index (χ2v) is 5.03. The fraction of sp³-hybridized carbons (Fsp3) is 0.636. The first-order chi connectivity index (χ1) is 7.85. The van der Waals surface area contributed by atoms with Crippen molar-refractivity contribution in [3.63, 3.8) is 0 Å². The van der Waals surface area contributed by atoms with Gasteiger partial charge in [-0.2, -0.15) is 5.10 Å². The average molecular weight is 238 g/mol. The van der Waals surface area contributed by atoms with E-state index in [0.29, 0.717) is 24.5 Å². The SMILES string of the molecule is Cc1[nH]nc(C(=O)N2CC(O)(C(C)C)C2)c1N. The number of rotatable bonds is 2. The highest BCUT2D eigenvalue weighted by Gasteiger charge is 2.46. The van der Waals surface area contributed by atoms with Gasteiger partial charge in [0.05, 0.1) is 24.5 Å². The molecule has 1 aromatic rings. The van der Waals surface area contributed by atoms with Crippen LogP contribution in [-0.4, -0.2) is 44.8 Å². The van der Waals surface area contributed by atoms with E-state index in [9.17, 15) is 9.90 Å². The maximum Gasteiger partial charge on any atom is 0.276 e. The Morgan fingerprint density at radius 1 is 1.59 bits per heavy atom. The number of β-amino-alcohol motifs (C(OH)–C–C–N with tert-alkyl or cyclic N) is 1. The molecule has 4 N–H and O–H groups in total. The first-order valence-corrected chi connectivity index (χ1v) is 5.67. The van der Waals surface area contributed by atoms with Gasteiger partial charge >= 0.3 is 0 Å². The lowest BCUT2D eigenvalue weighted by molar-refractivity contribution is -0.111. The number of amides is 1. The number of H-pyrrole nitrogens is 1. The Labute approximate surface area is 99.8 Å². The number of hydrogen-bond acceptors (Lipinski definition) is 4. The molecule has 2 rings (SSSR count). The van der Waals surface area contributed by atoms with Crippen molar-refractivity contribution in [2.24, 2.45) is 5.92 Å². The zero-order valence-corrected chi connectivity index (χ0v) is 10.3. The average Bonchev–Trinajstić information content (AvgIpc) is 2.54. The second kappa shape index (κ2) is 3.73. The molecule has 1 saturated heterocycles. The summed E-state index contributed by atoms with van der Waals surface area (Å²) in [4.78, 5) is 13.6. The number of likely N-dealkylation sites (tertiary alicyclic amines) is 1. The third-order valence-corrected chi connectivity index (χ3v) is 3.49. The number of aryl methyl sites for hydroxylation is 1. The molecule has 1 aliphatic rings. The van der Waals surface area contributed by atoms with E-state index in [1.54, 1.807) is 11.8 Å². The van der Waals surface area contributed by atoms with E-state index in [1.165, 1.54) is 0 Å². The topological polar surface area (TPSA) is 95.2 Å². The molecular weight excluding hydrogens is 220 g/mol. The molecule has 0 bridgehead atoms. The number of aliphatic hydroxyl groups is 1. The van der Waals surface area contributed by atoms with E-state index < -0.39 is 5.60 Å². The van der Waals surface area contributed by atoms with E-state index in [1.807, 2.05) is 13.8 Å². The predicted octanol–water partition coefficient (Wildman–Crippen LogP) is 0.143. The van der Waals surface area contributed by atoms with Crippen LogP contribution in [0.3, 0.4) is 0 Å². The molecule has 6 nitrogen and oxygen atoms in total. The van der Waals surface area contributed by atoms with Crippen molar-refractivity contribution < 1.29 is 9.90 Å². The molecule has 0 aliphatic carbocycles. The van der Waals surface area contributed by atoms with Crippen LogP contribution in [0.25, 0.3) is 0 Å². The van der Waals surface area contributed by atoms with Crippen molar-refractivity contribution in [2.45, 2.75) is 26.4 Å². The highest BCUT2D eigenvalue weighted by atomic mass is 16.3. The fourth-order valence-electron chi connectivity index (χ4n) is 1.87. The lowest BCUT2D eigenvalue weighted by Crippen LogP contribution is -2.66. The Morgan fingerprint density at radius 2 is 2.18 bits per heavy atom. The minimum atomic E-state index is -0.768. The number of carbonyl (C=O) groups excluding carboxylic acids is 1. The van der Waals surface area contributed by atoms with Gasteiger partial charge in [0.15, 0.2) is 5.69 Å². The van der Waals surface area contributed by atoms with E-state index >= 15 is 0 Å². The predicted molar refractivity (Wildman–Crippen MR) is 63.4 cm³/mol. The molecule has 2 heterocycles. The van der Waals surface area contributed by atoms with Crippen LogP contribution in [0.1, 0.15) is 30.0 Å². The summed E-state index contributed by atoms with van der Waals surface area (Å²) in [6.45, 7) is 6.33. The quantitative estimate of drug-likeness (QED) is 0.683. The molecule has 0 unspecified atom stereocenters. The Kier molecular flexibility index (Phi) is 2.61. The van der Waals surface area contributed by atoms with Crippen LogP contribution in [0.4, 0.5) is 5.69 Å². The van der Waals surface area contributed by atoms with E-state index in [2.05, 4.69) is 10.2 Å². The molecule has 0 saturated carbocycles. The smallest absolute Gasteiger partial charge is 0.276 e. The summed E-state index contributed by atoms with van der Waals surface area (Å²) >= 11 is 0. The number of nitrogens with zero attached hydrogens (tertiary/aromatic N) is 2. The van der Waals surface area contributed by atoms with E-state index in [4.69, 9.17) is 5.73 Å². The summed E-state index contributed by atoms with van der Waals surface area (Å²) in [7, 11) is 0. The molecule has 6 heteroatoms. The Morgan fingerprint density at radius 3 is 2.59 bits per heavy atom.